The first-order valence-electron chi connectivity index (χ1n) is 16.4. The van der Waals surface area contributed by atoms with Crippen LogP contribution in [0.15, 0.2) is 153 Å². The number of aliphatic hydroxyl groups is 1. The molecule has 5 aromatic rings. The summed E-state index contributed by atoms with van der Waals surface area (Å²) in [5, 5.41) is 16.2. The van der Waals surface area contributed by atoms with Crippen molar-refractivity contribution >= 4 is 23.6 Å². The summed E-state index contributed by atoms with van der Waals surface area (Å²) >= 11 is 1.65. The lowest BCUT2D eigenvalue weighted by molar-refractivity contribution is -0.129. The molecule has 1 amide bonds. The fourth-order valence-electron chi connectivity index (χ4n) is 5.89. The van der Waals surface area contributed by atoms with Gasteiger partial charge in [0, 0.05) is 46.3 Å². The second kappa shape index (κ2) is 16.7. The van der Waals surface area contributed by atoms with Crippen molar-refractivity contribution < 1.29 is 19.4 Å². The van der Waals surface area contributed by atoms with E-state index in [1.807, 2.05) is 115 Å². The highest BCUT2D eigenvalue weighted by atomic mass is 32.2. The maximum absolute atomic E-state index is 14.9. The van der Waals surface area contributed by atoms with Crippen LogP contribution < -0.4 is 10.1 Å². The van der Waals surface area contributed by atoms with E-state index in [9.17, 15) is 4.79 Å². The summed E-state index contributed by atoms with van der Waals surface area (Å²) in [6.45, 7) is 0.870. The van der Waals surface area contributed by atoms with Crippen LogP contribution in [-0.4, -0.2) is 35.7 Å². The van der Waals surface area contributed by atoms with Gasteiger partial charge in [-0.3, -0.25) is 4.79 Å². The smallest absolute Gasteiger partial charge is 0.252 e. The molecule has 50 heavy (non-hydrogen) atoms. The minimum atomic E-state index is -1.42. The number of hydrogen-bond donors (Lipinski definition) is 2. The number of amides is 1. The van der Waals surface area contributed by atoms with Crippen molar-refractivity contribution in [2.75, 3.05) is 13.2 Å². The van der Waals surface area contributed by atoms with Crippen molar-refractivity contribution in [1.82, 2.24) is 5.32 Å². The Labute approximate surface area is 295 Å². The van der Waals surface area contributed by atoms with E-state index in [1.165, 1.54) is 0 Å². The molecular weight excluding hydrogens is 647 g/mol. The molecule has 9 nitrogen and oxygen atoms in total. The van der Waals surface area contributed by atoms with E-state index < -0.39 is 11.6 Å². The lowest BCUT2D eigenvalue weighted by atomic mass is 9.81. The molecule has 0 saturated heterocycles. The highest BCUT2D eigenvalue weighted by Crippen LogP contribution is 2.43. The second-order valence-electron chi connectivity index (χ2n) is 11.7. The first-order chi connectivity index (χ1) is 24.6. The Hall–Kier alpha value is -5.54. The van der Waals surface area contributed by atoms with Crippen LogP contribution >= 0.6 is 11.8 Å². The molecule has 1 heterocycles. The van der Waals surface area contributed by atoms with E-state index in [0.29, 0.717) is 30.2 Å². The minimum absolute atomic E-state index is 0.0528. The fraction of sp³-hybridized carbons (Fsp3) is 0.200. The van der Waals surface area contributed by atoms with Gasteiger partial charge in [-0.25, -0.2) is 4.99 Å². The topological polar surface area (TPSA) is 129 Å². The fourth-order valence-corrected chi connectivity index (χ4v) is 6.85. The zero-order chi connectivity index (χ0) is 34.6. The lowest BCUT2D eigenvalue weighted by Gasteiger charge is -2.31. The predicted octanol–water partition coefficient (Wildman–Crippen LogP) is 8.23. The van der Waals surface area contributed by atoms with E-state index in [0.717, 1.165) is 32.0 Å². The van der Waals surface area contributed by atoms with Gasteiger partial charge in [0.05, 0.1) is 13.2 Å². The number of aliphatic imine (C=N–C) groups is 1. The average Bonchev–Trinajstić information content (AvgIpc) is 3.55. The number of nitrogens with zero attached hydrogens (tertiary/aromatic N) is 4. The van der Waals surface area contributed by atoms with Crippen LogP contribution in [0.4, 0.5) is 0 Å². The normalized spacial score (nSPS) is 16.5. The van der Waals surface area contributed by atoms with Gasteiger partial charge in [-0.1, -0.05) is 108 Å². The third kappa shape index (κ3) is 8.18. The van der Waals surface area contributed by atoms with Crippen molar-refractivity contribution in [3.8, 4) is 5.75 Å². The minimum Gasteiger partial charge on any atom is -0.494 e. The number of carbonyl (C=O) groups is 1. The Kier molecular flexibility index (Phi) is 11.5. The first-order valence-corrected chi connectivity index (χ1v) is 17.2. The van der Waals surface area contributed by atoms with Gasteiger partial charge >= 0.3 is 0 Å². The summed E-state index contributed by atoms with van der Waals surface area (Å²) in [7, 11) is 0. The van der Waals surface area contributed by atoms with Crippen LogP contribution in [0.2, 0.25) is 0 Å². The number of rotatable bonds is 15. The number of nitrogens with one attached hydrogen (secondary N) is 1. The van der Waals surface area contributed by atoms with E-state index in [4.69, 9.17) is 25.1 Å². The van der Waals surface area contributed by atoms with E-state index in [2.05, 4.69) is 33.5 Å². The molecule has 0 aliphatic carbocycles. The number of carbonyl (C=O) groups excluding carboxylic acids is 1. The summed E-state index contributed by atoms with van der Waals surface area (Å²) in [6, 6.07) is 42.8. The standard InChI is InChI=1S/C40H37N5O4S/c41-45-43-28-32-15-8-7-14-31(32)26-40(39(47)42-27-33-16-9-10-19-36(33)50-35-17-5-2-6-18-35)37(29-12-3-1-4-13-29)49-38(44-40)30-20-22-34(23-21-30)48-25-11-24-46/h1-10,12-23,37,46H,11,24-28H2,(H,42,47)/t37-,40-/m1/s1. The quantitative estimate of drug-likeness (QED) is 0.0497. The zero-order valence-electron chi connectivity index (χ0n) is 27.4. The molecule has 1 aliphatic heterocycles. The average molecular weight is 684 g/mol. The van der Waals surface area contributed by atoms with Crippen molar-refractivity contribution in [3.63, 3.8) is 0 Å². The number of azide groups is 1. The Morgan fingerprint density at radius 2 is 1.54 bits per heavy atom. The molecule has 1 aliphatic rings. The zero-order valence-corrected chi connectivity index (χ0v) is 28.2. The maximum atomic E-state index is 14.9. The third-order valence-corrected chi connectivity index (χ3v) is 9.52. The summed E-state index contributed by atoms with van der Waals surface area (Å²) < 4.78 is 12.4. The van der Waals surface area contributed by atoms with Crippen LogP contribution in [0, 0.1) is 0 Å². The Bertz CT molecular complexity index is 1970. The number of hydrogen-bond acceptors (Lipinski definition) is 7. The van der Waals surface area contributed by atoms with Crippen LogP contribution in [0.25, 0.3) is 10.4 Å². The summed E-state index contributed by atoms with van der Waals surface area (Å²) in [4.78, 5) is 25.2. The Morgan fingerprint density at radius 1 is 0.880 bits per heavy atom. The third-order valence-electron chi connectivity index (χ3n) is 8.40. The van der Waals surface area contributed by atoms with Crippen molar-refractivity contribution in [3.05, 3.63) is 172 Å². The SMILES string of the molecule is [N-]=[N+]=NCc1ccccc1C[C@@]1(C(=O)NCc2ccccc2Sc2ccccc2)N=C(c2ccc(OCCCO)cc2)O[C@@H]1c1ccccc1. The molecule has 0 unspecified atom stereocenters. The van der Waals surface area contributed by atoms with Gasteiger partial charge in [-0.05, 0) is 70.2 Å². The van der Waals surface area contributed by atoms with Crippen LogP contribution in [0.1, 0.15) is 40.3 Å². The van der Waals surface area contributed by atoms with Gasteiger partial charge in [0.2, 0.25) is 5.90 Å². The van der Waals surface area contributed by atoms with Crippen molar-refractivity contribution in [2.45, 2.75) is 47.4 Å². The molecule has 6 rings (SSSR count). The number of aliphatic hydroxyl groups excluding tert-OH is 1. The molecule has 0 fully saturated rings. The predicted molar refractivity (Wildman–Crippen MR) is 195 cm³/mol. The molecule has 10 heteroatoms. The summed E-state index contributed by atoms with van der Waals surface area (Å²) in [6.07, 6.45) is -0.0348. The molecule has 0 aromatic heterocycles. The summed E-state index contributed by atoms with van der Waals surface area (Å²) in [5.41, 5.74) is 11.8. The van der Waals surface area contributed by atoms with E-state index in [-0.39, 0.29) is 32.0 Å². The molecule has 0 bridgehead atoms. The molecular formula is C40H37N5O4S. The number of ether oxygens (including phenoxy) is 2. The maximum Gasteiger partial charge on any atom is 0.252 e. The van der Waals surface area contributed by atoms with E-state index >= 15 is 0 Å². The number of benzene rings is 5. The molecule has 0 saturated carbocycles. The van der Waals surface area contributed by atoms with Gasteiger partial charge in [0.25, 0.3) is 5.91 Å². The van der Waals surface area contributed by atoms with Crippen LogP contribution in [0.3, 0.4) is 0 Å². The largest absolute Gasteiger partial charge is 0.494 e. The lowest BCUT2D eigenvalue weighted by Crippen LogP contribution is -2.49. The Morgan fingerprint density at radius 3 is 2.26 bits per heavy atom. The van der Waals surface area contributed by atoms with Crippen molar-refractivity contribution in [2.24, 2.45) is 10.1 Å². The van der Waals surface area contributed by atoms with Crippen molar-refractivity contribution in [1.29, 1.82) is 0 Å². The Balaban J connectivity index is 1.39. The molecule has 5 aromatic carbocycles. The molecule has 252 valence electrons. The highest BCUT2D eigenvalue weighted by molar-refractivity contribution is 7.99. The molecule has 0 radical (unpaired) electrons. The second-order valence-corrected chi connectivity index (χ2v) is 12.9. The van der Waals surface area contributed by atoms with Crippen LogP contribution in [0.5, 0.6) is 5.75 Å². The monoisotopic (exact) mass is 683 g/mol. The van der Waals surface area contributed by atoms with Gasteiger partial charge in [0.1, 0.15) is 5.75 Å². The van der Waals surface area contributed by atoms with Gasteiger partial charge in [0.15, 0.2) is 11.6 Å². The van der Waals surface area contributed by atoms with Crippen LogP contribution in [-0.2, 0) is 29.0 Å². The van der Waals surface area contributed by atoms with Gasteiger partial charge in [-0.2, -0.15) is 0 Å². The van der Waals surface area contributed by atoms with Gasteiger partial charge < -0.3 is 19.9 Å². The molecule has 2 atom stereocenters. The first kappa shape index (κ1) is 34.3. The van der Waals surface area contributed by atoms with E-state index in [1.54, 1.807) is 11.8 Å². The molecule has 2 N–H and O–H groups in total. The highest BCUT2D eigenvalue weighted by Gasteiger charge is 2.53. The summed E-state index contributed by atoms with van der Waals surface area (Å²) in [5.74, 6) is 0.704. The molecule has 0 spiro atoms. The van der Waals surface area contributed by atoms with Gasteiger partial charge in [-0.15, -0.1) is 0 Å².